The summed E-state index contributed by atoms with van der Waals surface area (Å²) in [6.45, 7) is 3.62. The number of hydrogen-bond donors (Lipinski definition) is 1. The highest BCUT2D eigenvalue weighted by atomic mass is 35.5. The van der Waals surface area contributed by atoms with Crippen LogP contribution >= 0.6 is 23.2 Å². The van der Waals surface area contributed by atoms with Gasteiger partial charge in [0.05, 0.1) is 29.3 Å². The number of ether oxygens (including phenoxy) is 1. The van der Waals surface area contributed by atoms with E-state index in [9.17, 15) is 4.79 Å². The van der Waals surface area contributed by atoms with Gasteiger partial charge in [0.1, 0.15) is 0 Å². The van der Waals surface area contributed by atoms with Crippen LogP contribution in [-0.2, 0) is 11.8 Å². The molecule has 2 aromatic rings. The Labute approximate surface area is 157 Å². The van der Waals surface area contributed by atoms with Crippen LogP contribution in [0.2, 0.25) is 10.0 Å². The first kappa shape index (κ1) is 18.3. The molecule has 0 saturated carbocycles. The number of carbonyl (C=O) groups is 1. The van der Waals surface area contributed by atoms with Crippen LogP contribution in [-0.4, -0.2) is 48.2 Å². The Morgan fingerprint density at radius 1 is 1.24 bits per heavy atom. The number of aryl methyl sites for hydroxylation is 1. The van der Waals surface area contributed by atoms with E-state index in [-0.39, 0.29) is 11.9 Å². The second-order valence-corrected chi connectivity index (χ2v) is 6.86. The summed E-state index contributed by atoms with van der Waals surface area (Å²) in [7, 11) is 2.02. The van der Waals surface area contributed by atoms with E-state index in [1.165, 1.54) is 0 Å². The number of hydrogen-bond acceptors (Lipinski definition) is 3. The number of halogens is 2. The second-order valence-electron chi connectivity index (χ2n) is 6.05. The number of nitrogens with one attached hydrogen (secondary N) is 1. The lowest BCUT2D eigenvalue weighted by molar-refractivity contribution is 0.0148. The Kier molecular flexibility index (Phi) is 6.02. The maximum atomic E-state index is 12.5. The molecule has 0 aliphatic carbocycles. The summed E-state index contributed by atoms with van der Waals surface area (Å²) < 4.78 is 7.54. The number of benzene rings is 1. The highest BCUT2D eigenvalue weighted by molar-refractivity contribution is 6.42. The molecule has 0 radical (unpaired) electrons. The number of rotatable bonds is 5. The van der Waals surface area contributed by atoms with Crippen LogP contribution in [0.4, 0.5) is 0 Å². The Morgan fingerprint density at radius 2 is 2.00 bits per heavy atom. The number of nitrogens with zero attached hydrogens (tertiary/aromatic N) is 2. The van der Waals surface area contributed by atoms with Gasteiger partial charge in [-0.2, -0.15) is 0 Å². The van der Waals surface area contributed by atoms with E-state index in [4.69, 9.17) is 27.9 Å². The average Bonchev–Trinajstić information content (AvgIpc) is 3.04. The quantitative estimate of drug-likeness (QED) is 0.865. The fraction of sp³-hybridized carbons (Fsp3) is 0.389. The number of morpholine rings is 1. The van der Waals surface area contributed by atoms with Gasteiger partial charge in [-0.25, -0.2) is 0 Å². The number of carbonyl (C=O) groups excluding carboxylic acids is 1. The van der Waals surface area contributed by atoms with Gasteiger partial charge in [-0.05, 0) is 30.3 Å². The van der Waals surface area contributed by atoms with E-state index >= 15 is 0 Å². The predicted molar refractivity (Wildman–Crippen MR) is 99.3 cm³/mol. The third-order valence-corrected chi connectivity index (χ3v) is 5.19. The lowest BCUT2D eigenvalue weighted by atomic mass is 10.1. The van der Waals surface area contributed by atoms with Crippen molar-refractivity contribution in [1.29, 1.82) is 0 Å². The SMILES string of the molecule is Cn1cccc1C(CNC(=O)c1ccc(Cl)c(Cl)c1)N1CCOCC1. The standard InChI is InChI=1S/C18H21Cl2N3O2/c1-22-6-2-3-16(22)17(23-7-9-25-10-8-23)12-21-18(24)13-4-5-14(19)15(20)11-13/h2-6,11,17H,7-10,12H2,1H3,(H,21,24). The minimum atomic E-state index is -0.161. The molecule has 134 valence electrons. The van der Waals surface area contributed by atoms with Crippen LogP contribution < -0.4 is 5.32 Å². The topological polar surface area (TPSA) is 46.5 Å². The molecule has 1 aromatic heterocycles. The van der Waals surface area contributed by atoms with Gasteiger partial charge >= 0.3 is 0 Å². The van der Waals surface area contributed by atoms with Gasteiger partial charge < -0.3 is 14.6 Å². The zero-order valence-corrected chi connectivity index (χ0v) is 15.6. The van der Waals surface area contributed by atoms with Crippen LogP contribution in [0.1, 0.15) is 22.1 Å². The summed E-state index contributed by atoms with van der Waals surface area (Å²) in [5.41, 5.74) is 1.67. The van der Waals surface area contributed by atoms with Crippen LogP contribution in [0.3, 0.4) is 0 Å². The third kappa shape index (κ3) is 4.36. The maximum Gasteiger partial charge on any atom is 0.251 e. The molecule has 1 saturated heterocycles. The molecule has 1 amide bonds. The molecule has 0 spiro atoms. The van der Waals surface area contributed by atoms with Gasteiger partial charge in [0.25, 0.3) is 5.91 Å². The first-order valence-electron chi connectivity index (χ1n) is 8.22. The first-order chi connectivity index (χ1) is 12.1. The largest absolute Gasteiger partial charge is 0.379 e. The molecule has 7 heteroatoms. The van der Waals surface area contributed by atoms with Crippen LogP contribution in [0, 0.1) is 0 Å². The monoisotopic (exact) mass is 381 g/mol. The lowest BCUT2D eigenvalue weighted by Gasteiger charge is -2.35. The highest BCUT2D eigenvalue weighted by Crippen LogP contribution is 2.24. The number of amides is 1. The molecule has 1 aliphatic heterocycles. The minimum absolute atomic E-state index is 0.0932. The summed E-state index contributed by atoms with van der Waals surface area (Å²) in [5.74, 6) is -0.161. The van der Waals surface area contributed by atoms with Crippen LogP contribution in [0.5, 0.6) is 0 Å². The van der Waals surface area contributed by atoms with E-state index in [0.717, 1.165) is 18.8 Å². The van der Waals surface area contributed by atoms with Crippen molar-refractivity contribution in [3.05, 3.63) is 57.8 Å². The Bertz CT molecular complexity index is 742. The Hall–Kier alpha value is -1.53. The van der Waals surface area contributed by atoms with Gasteiger partial charge in [0, 0.05) is 44.1 Å². The highest BCUT2D eigenvalue weighted by Gasteiger charge is 2.25. The third-order valence-electron chi connectivity index (χ3n) is 4.45. The molecule has 1 aromatic carbocycles. The molecule has 1 N–H and O–H groups in total. The Morgan fingerprint density at radius 3 is 2.64 bits per heavy atom. The van der Waals surface area contributed by atoms with Gasteiger partial charge in [-0.1, -0.05) is 23.2 Å². The fourth-order valence-electron chi connectivity index (χ4n) is 3.06. The van der Waals surface area contributed by atoms with Gasteiger partial charge in [0.2, 0.25) is 0 Å². The molecule has 1 atom stereocenters. The predicted octanol–water partition coefficient (Wildman–Crippen LogP) is 3.14. The minimum Gasteiger partial charge on any atom is -0.379 e. The molecule has 1 unspecified atom stereocenters. The molecule has 1 fully saturated rings. The fourth-order valence-corrected chi connectivity index (χ4v) is 3.36. The van der Waals surface area contributed by atoms with Crippen molar-refractivity contribution in [2.75, 3.05) is 32.8 Å². The van der Waals surface area contributed by atoms with Crippen molar-refractivity contribution in [3.63, 3.8) is 0 Å². The molecule has 25 heavy (non-hydrogen) atoms. The van der Waals surface area contributed by atoms with Gasteiger partial charge in [-0.3, -0.25) is 9.69 Å². The van der Waals surface area contributed by atoms with Crippen molar-refractivity contribution >= 4 is 29.1 Å². The van der Waals surface area contributed by atoms with Crippen molar-refractivity contribution in [2.45, 2.75) is 6.04 Å². The second kappa shape index (κ2) is 8.23. The summed E-state index contributed by atoms with van der Waals surface area (Å²) in [6, 6.07) is 9.10. The van der Waals surface area contributed by atoms with Crippen molar-refractivity contribution in [1.82, 2.24) is 14.8 Å². The smallest absolute Gasteiger partial charge is 0.251 e. The van der Waals surface area contributed by atoms with Gasteiger partial charge in [0.15, 0.2) is 0 Å². The van der Waals surface area contributed by atoms with E-state index in [1.807, 2.05) is 19.3 Å². The molecular weight excluding hydrogens is 361 g/mol. The van der Waals surface area contributed by atoms with Crippen molar-refractivity contribution in [2.24, 2.45) is 7.05 Å². The summed E-state index contributed by atoms with van der Waals surface area (Å²) >= 11 is 11.9. The van der Waals surface area contributed by atoms with E-state index in [0.29, 0.717) is 35.4 Å². The summed E-state index contributed by atoms with van der Waals surface area (Å²) in [5, 5.41) is 3.84. The molecule has 3 rings (SSSR count). The molecule has 0 bridgehead atoms. The number of aromatic nitrogens is 1. The Balaban J connectivity index is 1.72. The molecule has 1 aliphatic rings. The lowest BCUT2D eigenvalue weighted by Crippen LogP contribution is -2.44. The summed E-state index contributed by atoms with van der Waals surface area (Å²) in [6.07, 6.45) is 2.02. The average molecular weight is 382 g/mol. The van der Waals surface area contributed by atoms with Crippen LogP contribution in [0.25, 0.3) is 0 Å². The zero-order chi connectivity index (χ0) is 17.8. The maximum absolute atomic E-state index is 12.5. The van der Waals surface area contributed by atoms with E-state index in [2.05, 4.69) is 20.9 Å². The van der Waals surface area contributed by atoms with Crippen LogP contribution in [0.15, 0.2) is 36.5 Å². The zero-order valence-electron chi connectivity index (χ0n) is 14.0. The molecule has 5 nitrogen and oxygen atoms in total. The summed E-state index contributed by atoms with van der Waals surface area (Å²) in [4.78, 5) is 14.8. The normalized spacial score (nSPS) is 16.6. The molecular formula is C18H21Cl2N3O2. The first-order valence-corrected chi connectivity index (χ1v) is 8.98. The van der Waals surface area contributed by atoms with E-state index < -0.39 is 0 Å². The van der Waals surface area contributed by atoms with E-state index in [1.54, 1.807) is 18.2 Å². The molecule has 2 heterocycles. The van der Waals surface area contributed by atoms with Crippen molar-refractivity contribution < 1.29 is 9.53 Å². The van der Waals surface area contributed by atoms with Gasteiger partial charge in [-0.15, -0.1) is 0 Å². The van der Waals surface area contributed by atoms with Crippen molar-refractivity contribution in [3.8, 4) is 0 Å².